The van der Waals surface area contributed by atoms with Gasteiger partial charge >= 0.3 is 0 Å². The molecule has 92 heavy (non-hydrogen) atoms. The van der Waals surface area contributed by atoms with E-state index in [1.165, 1.54) is 36.8 Å². The Kier molecular flexibility index (Phi) is 25.1. The maximum Gasteiger partial charge on any atom is 0.261 e. The number of benzene rings is 4. The van der Waals surface area contributed by atoms with Gasteiger partial charge < -0.3 is 96.7 Å². The molecule has 0 aromatic heterocycles. The molecule has 0 bridgehead atoms. The number of anilines is 1. The highest BCUT2D eigenvalue weighted by Crippen LogP contribution is 2.34. The highest BCUT2D eigenvalue weighted by Gasteiger charge is 2.50. The standard InChI is InChI=1S/C62H81N9O20S/c1-33-29-71-54(55(33)80)60(85)64-28-43(75)26-45(65-56(81)40-11-9-37(10-12-40)38-13-15-42(16-14-38)69-22-19-39(20-23-69)36-6-4-3-5-7-36)57(82)66-51(34(2)74)61(86)70-30-44(76)27-46(70)58(83)67-52(49(79)24-35-8-17-47(77)50(25-35)89-92-91-90-88)59(84)68-53(62(71)87)48(78)18-21-63-41(31-72)32-73/h3-17,25,33-34,39,41,43-46,48-49,51-55,63,72-80,88H,18-24,26-32H2,1-2H3,(H,64,85)(H,65,81)(H,66,82)(H,67,83)(H,68,84)/t33-,34+,43+,44+,45-,46-,48+,49+,51-,52-,53-,54-,55-/m0/s1. The van der Waals surface area contributed by atoms with E-state index in [-0.39, 0.29) is 42.3 Å². The molecular weight excluding hydrogens is 1220 g/mol. The third-order valence-electron chi connectivity index (χ3n) is 17.2. The molecule has 0 radical (unpaired) electrons. The van der Waals surface area contributed by atoms with Crippen molar-refractivity contribution in [3.05, 3.63) is 114 Å². The summed E-state index contributed by atoms with van der Waals surface area (Å²) in [6, 6.07) is 16.3. The second kappa shape index (κ2) is 32.8. The van der Waals surface area contributed by atoms with Gasteiger partial charge in [-0.05, 0) is 97.3 Å². The van der Waals surface area contributed by atoms with Crippen LogP contribution in [0.1, 0.15) is 73.4 Å². The number of β-amino-alcohol motifs (C(OH)–C–C–N with tert-alkyl or cyclic N) is 1. The topological polar surface area (TPSA) is 431 Å². The van der Waals surface area contributed by atoms with Gasteiger partial charge in [-0.2, -0.15) is 0 Å². The third-order valence-corrected chi connectivity index (χ3v) is 17.6. The quantitative estimate of drug-likeness (QED) is 0.0199. The molecule has 4 saturated heterocycles. The number of nitrogens with zero attached hydrogens (tertiary/aromatic N) is 3. The van der Waals surface area contributed by atoms with Gasteiger partial charge in [-0.3, -0.25) is 33.6 Å². The van der Waals surface area contributed by atoms with E-state index in [0.29, 0.717) is 5.92 Å². The molecule has 0 saturated carbocycles. The minimum Gasteiger partial charge on any atom is -0.504 e. The van der Waals surface area contributed by atoms with E-state index in [4.69, 9.17) is 9.44 Å². The van der Waals surface area contributed by atoms with Crippen molar-refractivity contribution in [3.8, 4) is 22.6 Å². The molecule has 8 rings (SSSR count). The van der Waals surface area contributed by atoms with Gasteiger partial charge in [-0.25, -0.2) is 5.26 Å². The molecule has 500 valence electrons. The van der Waals surface area contributed by atoms with Crippen molar-refractivity contribution in [2.45, 2.75) is 137 Å². The van der Waals surface area contributed by atoms with E-state index in [1.807, 2.05) is 30.3 Å². The SMILES string of the molecule is C[C@@H](O)[C@@H]1NC(=O)[C@@H](NC(=O)c2ccc(-c3ccc(N4CCC(c5ccccc5)CC4)cc3)cc2)C[C@@H](O)CNC(=O)[C@@H]2[C@@H](O)[C@@H](C)CN2C(=O)[C@H]([C@H](O)CCNC(CO)CO)NC(=O)[C@H]([C@H](O)Cc2ccc(O)c(OSOOO)c2)NC(=O)[C@@H]2C[C@@H](O)CN2C1=O. The van der Waals surface area contributed by atoms with Gasteiger partial charge in [0, 0.05) is 69.2 Å². The Labute approximate surface area is 534 Å². The summed E-state index contributed by atoms with van der Waals surface area (Å²) in [6.07, 6.45) is -10.5. The number of piperidine rings is 1. The number of rotatable bonds is 20. The number of carbonyl (C=O) groups excluding carboxylic acids is 7. The molecule has 0 spiro atoms. The molecule has 4 fully saturated rings. The first-order valence-corrected chi connectivity index (χ1v) is 31.0. The van der Waals surface area contributed by atoms with E-state index in [0.717, 1.165) is 65.5 Å². The molecule has 7 amide bonds. The van der Waals surface area contributed by atoms with Crippen LogP contribution in [-0.2, 0) is 44.6 Å². The number of phenolic OH excluding ortho intramolecular Hbond substituents is 1. The smallest absolute Gasteiger partial charge is 0.261 e. The minimum absolute atomic E-state index is 0.0678. The van der Waals surface area contributed by atoms with Gasteiger partial charge in [0.25, 0.3) is 18.2 Å². The molecule has 0 unspecified atom stereocenters. The number of aliphatic hydroxyl groups is 8. The van der Waals surface area contributed by atoms with Crippen LogP contribution in [0.3, 0.4) is 0 Å². The molecule has 4 aromatic rings. The highest BCUT2D eigenvalue weighted by molar-refractivity contribution is 7.90. The summed E-state index contributed by atoms with van der Waals surface area (Å²) >= 11 is 0.0705. The van der Waals surface area contributed by atoms with Gasteiger partial charge in [-0.15, -0.1) is 0 Å². The van der Waals surface area contributed by atoms with Crippen molar-refractivity contribution < 1.29 is 98.3 Å². The van der Waals surface area contributed by atoms with Crippen molar-refractivity contribution in [2.24, 2.45) is 5.92 Å². The predicted octanol–water partition coefficient (Wildman–Crippen LogP) is -1.91. The number of fused-ring (bicyclic) bond motifs is 2. The summed E-state index contributed by atoms with van der Waals surface area (Å²) < 4.78 is 9.37. The van der Waals surface area contributed by atoms with Gasteiger partial charge in [-0.1, -0.05) is 77.0 Å². The van der Waals surface area contributed by atoms with E-state index < -0.39 is 184 Å². The lowest BCUT2D eigenvalue weighted by molar-refractivity contribution is -0.433. The van der Waals surface area contributed by atoms with Crippen LogP contribution in [0.5, 0.6) is 11.5 Å². The lowest BCUT2D eigenvalue weighted by Gasteiger charge is -2.34. The number of hydrogen-bond donors (Lipinski definition) is 16. The molecule has 4 aliphatic rings. The van der Waals surface area contributed by atoms with Crippen molar-refractivity contribution in [2.75, 3.05) is 57.4 Å². The number of hydrogen-bond acceptors (Lipinski definition) is 23. The van der Waals surface area contributed by atoms with Gasteiger partial charge in [0.15, 0.2) is 11.5 Å². The Morgan fingerprint density at radius 3 is 2.02 bits per heavy atom. The number of amides is 7. The molecular formula is C62H81N9O20S. The minimum atomic E-state index is -2.15. The van der Waals surface area contributed by atoms with Crippen molar-refractivity contribution in [1.82, 2.24) is 41.7 Å². The second-order valence-corrected chi connectivity index (χ2v) is 24.1. The summed E-state index contributed by atoms with van der Waals surface area (Å²) in [4.78, 5) is 106. The summed E-state index contributed by atoms with van der Waals surface area (Å²) in [6.45, 7) is 1.54. The van der Waals surface area contributed by atoms with Gasteiger partial charge in [0.05, 0.1) is 55.9 Å². The van der Waals surface area contributed by atoms with E-state index in [9.17, 15) is 79.5 Å². The maximum atomic E-state index is 15.0. The van der Waals surface area contributed by atoms with E-state index in [1.54, 1.807) is 12.1 Å². The first-order chi connectivity index (χ1) is 44.1. The lowest BCUT2D eigenvalue weighted by Crippen LogP contribution is -2.64. The third kappa shape index (κ3) is 17.8. The summed E-state index contributed by atoms with van der Waals surface area (Å²) in [5, 5.41) is 126. The Balaban J connectivity index is 1.08. The number of carbonyl (C=O) groups is 7. The second-order valence-electron chi connectivity index (χ2n) is 23.7. The Hall–Kier alpha value is -7.56. The van der Waals surface area contributed by atoms with Crippen LogP contribution in [0.4, 0.5) is 5.69 Å². The highest BCUT2D eigenvalue weighted by atomic mass is 32.2. The molecule has 13 atom stereocenters. The number of aliphatic hydroxyl groups excluding tert-OH is 8. The molecule has 29 nitrogen and oxygen atoms in total. The maximum absolute atomic E-state index is 15.0. The van der Waals surface area contributed by atoms with Gasteiger partial charge in [0.1, 0.15) is 36.3 Å². The van der Waals surface area contributed by atoms with Crippen LogP contribution in [0, 0.1) is 5.92 Å². The fourth-order valence-electron chi connectivity index (χ4n) is 12.0. The van der Waals surface area contributed by atoms with Crippen LogP contribution < -0.4 is 41.0 Å². The summed E-state index contributed by atoms with van der Waals surface area (Å²) in [7, 11) is 0. The molecule has 0 aliphatic carbocycles. The number of phenols is 1. The van der Waals surface area contributed by atoms with Crippen LogP contribution in [-0.4, -0.2) is 234 Å². The zero-order valence-electron chi connectivity index (χ0n) is 50.6. The first kappa shape index (κ1) is 70.3. The number of aromatic hydroxyl groups is 1. The Morgan fingerprint density at radius 2 is 1.37 bits per heavy atom. The van der Waals surface area contributed by atoms with Crippen molar-refractivity contribution >= 4 is 59.4 Å². The number of nitrogens with one attached hydrogen (secondary N) is 6. The van der Waals surface area contributed by atoms with Crippen LogP contribution in [0.25, 0.3) is 11.1 Å². The zero-order valence-corrected chi connectivity index (χ0v) is 51.4. The monoisotopic (exact) mass is 1300 g/mol. The summed E-state index contributed by atoms with van der Waals surface area (Å²) in [5.74, 6) is -8.99. The van der Waals surface area contributed by atoms with Gasteiger partial charge in [0.2, 0.25) is 35.4 Å². The van der Waals surface area contributed by atoms with Crippen LogP contribution >= 0.6 is 12.3 Å². The average molecular weight is 1300 g/mol. The lowest BCUT2D eigenvalue weighted by atomic mass is 9.89. The molecule has 4 aromatic carbocycles. The largest absolute Gasteiger partial charge is 0.504 e. The van der Waals surface area contributed by atoms with E-state index >= 15 is 0 Å². The Bertz CT molecular complexity index is 3150. The van der Waals surface area contributed by atoms with Crippen LogP contribution in [0.15, 0.2) is 97.1 Å². The molecule has 16 N–H and O–H groups in total. The van der Waals surface area contributed by atoms with Crippen molar-refractivity contribution in [1.29, 1.82) is 0 Å². The fourth-order valence-corrected chi connectivity index (χ4v) is 12.3. The predicted molar refractivity (Wildman–Crippen MR) is 329 cm³/mol. The summed E-state index contributed by atoms with van der Waals surface area (Å²) in [5.41, 5.74) is 4.21. The Morgan fingerprint density at radius 1 is 0.728 bits per heavy atom. The zero-order chi connectivity index (χ0) is 66.3. The van der Waals surface area contributed by atoms with E-state index in [2.05, 4.69) is 70.4 Å². The fraction of sp³-hybridized carbons (Fsp3) is 0.500. The normalized spacial score (nSPS) is 26.0. The molecule has 30 heteroatoms. The first-order valence-electron chi connectivity index (χ1n) is 30.4. The molecule has 4 aliphatic heterocycles. The van der Waals surface area contributed by atoms with Crippen LogP contribution in [0.2, 0.25) is 0 Å². The molecule has 4 heterocycles. The average Bonchev–Trinajstić information content (AvgIpc) is 1.62. The van der Waals surface area contributed by atoms with Crippen molar-refractivity contribution in [3.63, 3.8) is 0 Å².